The minimum absolute atomic E-state index is 0.0132. The molecule has 0 spiro atoms. The van der Waals surface area contributed by atoms with Crippen LogP contribution in [0.25, 0.3) is 0 Å². The average Bonchev–Trinajstić information content (AvgIpc) is 3.12. The van der Waals surface area contributed by atoms with E-state index in [0.717, 1.165) is 40.9 Å². The SMILES string of the molecule is ClC1=CN=C2NC=CC2C1c1cccc(NCCc2ccccc2Cl)n1. The van der Waals surface area contributed by atoms with Crippen molar-refractivity contribution in [1.29, 1.82) is 0 Å². The number of aromatic nitrogens is 1. The third kappa shape index (κ3) is 3.48. The Bertz CT molecular complexity index is 904. The topological polar surface area (TPSA) is 49.3 Å². The van der Waals surface area contributed by atoms with Crippen molar-refractivity contribution in [2.24, 2.45) is 10.9 Å². The Hall–Kier alpha value is -2.30. The fraction of sp³-hybridized carbons (Fsp3) is 0.200. The molecule has 2 aliphatic heterocycles. The van der Waals surface area contributed by atoms with Crippen LogP contribution >= 0.6 is 23.2 Å². The van der Waals surface area contributed by atoms with Crippen molar-refractivity contribution in [2.45, 2.75) is 12.3 Å². The van der Waals surface area contributed by atoms with Crippen molar-refractivity contribution in [3.8, 4) is 0 Å². The molecule has 132 valence electrons. The molecule has 2 N–H and O–H groups in total. The first-order valence-electron chi connectivity index (χ1n) is 8.53. The normalized spacial score (nSPS) is 20.8. The van der Waals surface area contributed by atoms with Crippen molar-refractivity contribution < 1.29 is 0 Å². The molecule has 2 aliphatic rings. The lowest BCUT2D eigenvalue weighted by Gasteiger charge is -2.25. The first-order valence-corrected chi connectivity index (χ1v) is 9.28. The minimum atomic E-state index is -0.0132. The zero-order chi connectivity index (χ0) is 17.9. The number of rotatable bonds is 5. The smallest absolute Gasteiger partial charge is 0.126 e. The molecule has 4 nitrogen and oxygen atoms in total. The van der Waals surface area contributed by atoms with Crippen LogP contribution in [0.4, 0.5) is 5.82 Å². The molecule has 0 saturated heterocycles. The number of hydrogen-bond donors (Lipinski definition) is 2. The number of nitrogens with zero attached hydrogens (tertiary/aromatic N) is 2. The van der Waals surface area contributed by atoms with Gasteiger partial charge in [0.05, 0.1) is 17.5 Å². The molecule has 2 atom stereocenters. The fourth-order valence-electron chi connectivity index (χ4n) is 3.27. The molecular weight excluding hydrogens is 367 g/mol. The van der Waals surface area contributed by atoms with Crippen molar-refractivity contribution in [2.75, 3.05) is 11.9 Å². The van der Waals surface area contributed by atoms with Gasteiger partial charge in [-0.05, 0) is 36.4 Å². The van der Waals surface area contributed by atoms with Crippen LogP contribution < -0.4 is 10.6 Å². The van der Waals surface area contributed by atoms with Gasteiger partial charge in [-0.25, -0.2) is 9.98 Å². The number of allylic oxidation sites excluding steroid dienone is 1. The van der Waals surface area contributed by atoms with Crippen LogP contribution in [-0.2, 0) is 6.42 Å². The van der Waals surface area contributed by atoms with Gasteiger partial charge < -0.3 is 10.6 Å². The Morgan fingerprint density at radius 1 is 1.08 bits per heavy atom. The molecular formula is C20H18Cl2N4. The van der Waals surface area contributed by atoms with E-state index in [1.54, 1.807) is 6.20 Å². The molecule has 0 saturated carbocycles. The van der Waals surface area contributed by atoms with Crippen molar-refractivity contribution in [3.63, 3.8) is 0 Å². The molecule has 6 heteroatoms. The van der Waals surface area contributed by atoms with Crippen molar-refractivity contribution in [1.82, 2.24) is 10.3 Å². The van der Waals surface area contributed by atoms with Crippen LogP contribution in [0.15, 0.2) is 71.0 Å². The van der Waals surface area contributed by atoms with Crippen LogP contribution in [0.2, 0.25) is 5.02 Å². The van der Waals surface area contributed by atoms with Gasteiger partial charge in [0, 0.05) is 22.8 Å². The van der Waals surface area contributed by atoms with Crippen LogP contribution in [-0.4, -0.2) is 17.4 Å². The predicted molar refractivity (Wildman–Crippen MR) is 108 cm³/mol. The molecule has 1 aromatic heterocycles. The number of benzene rings is 1. The highest BCUT2D eigenvalue weighted by molar-refractivity contribution is 6.31. The van der Waals surface area contributed by atoms with Crippen LogP contribution in [0, 0.1) is 5.92 Å². The highest BCUT2D eigenvalue weighted by Gasteiger charge is 2.34. The highest BCUT2D eigenvalue weighted by Crippen LogP contribution is 2.39. The van der Waals surface area contributed by atoms with Crippen molar-refractivity contribution in [3.05, 3.63) is 82.3 Å². The van der Waals surface area contributed by atoms with E-state index < -0.39 is 0 Å². The molecule has 2 aromatic rings. The van der Waals surface area contributed by atoms with Gasteiger partial charge >= 0.3 is 0 Å². The van der Waals surface area contributed by atoms with E-state index in [1.165, 1.54) is 0 Å². The van der Waals surface area contributed by atoms with Gasteiger partial charge in [0.25, 0.3) is 0 Å². The lowest BCUT2D eigenvalue weighted by Crippen LogP contribution is -2.28. The van der Waals surface area contributed by atoms with Gasteiger partial charge in [-0.15, -0.1) is 0 Å². The number of fused-ring (bicyclic) bond motifs is 1. The summed E-state index contributed by atoms with van der Waals surface area (Å²) in [4.78, 5) is 9.13. The van der Waals surface area contributed by atoms with Gasteiger partial charge in [-0.1, -0.05) is 53.5 Å². The maximum Gasteiger partial charge on any atom is 0.126 e. The predicted octanol–water partition coefficient (Wildman–Crippen LogP) is 4.70. The number of pyridine rings is 1. The van der Waals surface area contributed by atoms with Gasteiger partial charge in [0.1, 0.15) is 11.7 Å². The summed E-state index contributed by atoms with van der Waals surface area (Å²) in [5.74, 6) is 1.84. The summed E-state index contributed by atoms with van der Waals surface area (Å²) in [5, 5.41) is 8.04. The van der Waals surface area contributed by atoms with E-state index in [-0.39, 0.29) is 11.8 Å². The maximum absolute atomic E-state index is 6.46. The Labute approximate surface area is 162 Å². The average molecular weight is 385 g/mol. The third-order valence-corrected chi connectivity index (χ3v) is 5.28. The van der Waals surface area contributed by atoms with Gasteiger partial charge in [-0.2, -0.15) is 0 Å². The van der Waals surface area contributed by atoms with E-state index >= 15 is 0 Å². The van der Waals surface area contributed by atoms with Crippen molar-refractivity contribution >= 4 is 34.9 Å². The number of nitrogens with one attached hydrogen (secondary N) is 2. The van der Waals surface area contributed by atoms with Crippen LogP contribution in [0.3, 0.4) is 0 Å². The monoisotopic (exact) mass is 384 g/mol. The molecule has 3 heterocycles. The van der Waals surface area contributed by atoms with Crippen LogP contribution in [0.1, 0.15) is 17.2 Å². The maximum atomic E-state index is 6.46. The number of halogens is 2. The van der Waals surface area contributed by atoms with E-state index in [1.807, 2.05) is 48.7 Å². The molecule has 0 radical (unpaired) electrons. The summed E-state index contributed by atoms with van der Waals surface area (Å²) < 4.78 is 0. The Kier molecular flexibility index (Phi) is 4.96. The van der Waals surface area contributed by atoms with E-state index in [2.05, 4.69) is 21.7 Å². The summed E-state index contributed by atoms with van der Waals surface area (Å²) in [5.41, 5.74) is 2.05. The second kappa shape index (κ2) is 7.52. The van der Waals surface area contributed by atoms with Gasteiger partial charge in [-0.3, -0.25) is 0 Å². The van der Waals surface area contributed by atoms with Gasteiger partial charge in [0.2, 0.25) is 0 Å². The first kappa shape index (κ1) is 17.1. The standard InChI is InChI=1S/C20H18Cl2N4/c21-15-5-2-1-4-13(15)8-10-23-18-7-3-6-17(26-18)19-14-9-11-24-20(14)25-12-16(19)22/h1-7,9,11-12,14,19H,8,10H2,(H,23,26)(H,24,25). The summed E-state index contributed by atoms with van der Waals surface area (Å²) in [6, 6.07) is 13.9. The molecule has 2 unspecified atom stereocenters. The van der Waals surface area contributed by atoms with Gasteiger partial charge in [0.15, 0.2) is 0 Å². The van der Waals surface area contributed by atoms with E-state index in [0.29, 0.717) is 5.03 Å². The zero-order valence-corrected chi connectivity index (χ0v) is 15.5. The molecule has 0 amide bonds. The lowest BCUT2D eigenvalue weighted by atomic mass is 9.87. The Balaban J connectivity index is 1.47. The molecule has 0 bridgehead atoms. The lowest BCUT2D eigenvalue weighted by molar-refractivity contribution is 0.698. The second-order valence-corrected chi connectivity index (χ2v) is 7.09. The number of amidine groups is 1. The fourth-order valence-corrected chi connectivity index (χ4v) is 3.80. The molecule has 4 rings (SSSR count). The molecule has 1 aromatic carbocycles. The second-order valence-electron chi connectivity index (χ2n) is 6.25. The van der Waals surface area contributed by atoms with E-state index in [9.17, 15) is 0 Å². The van der Waals surface area contributed by atoms with Crippen LogP contribution in [0.5, 0.6) is 0 Å². The zero-order valence-electron chi connectivity index (χ0n) is 14.0. The van der Waals surface area contributed by atoms with E-state index in [4.69, 9.17) is 28.2 Å². The summed E-state index contributed by atoms with van der Waals surface area (Å²) >= 11 is 12.7. The minimum Gasteiger partial charge on any atom is -0.370 e. The number of anilines is 1. The molecule has 0 aliphatic carbocycles. The summed E-state index contributed by atoms with van der Waals surface area (Å²) in [7, 11) is 0. The third-order valence-electron chi connectivity index (χ3n) is 4.58. The number of hydrogen-bond acceptors (Lipinski definition) is 4. The Morgan fingerprint density at radius 2 is 1.96 bits per heavy atom. The highest BCUT2D eigenvalue weighted by atomic mass is 35.5. The number of aliphatic imine (C=N–C) groups is 1. The quantitative estimate of drug-likeness (QED) is 0.785. The Morgan fingerprint density at radius 3 is 2.85 bits per heavy atom. The summed E-state index contributed by atoms with van der Waals surface area (Å²) in [6.45, 7) is 0.756. The molecule has 26 heavy (non-hydrogen) atoms. The first-order chi connectivity index (χ1) is 12.7. The summed E-state index contributed by atoms with van der Waals surface area (Å²) in [6.07, 6.45) is 6.53. The largest absolute Gasteiger partial charge is 0.370 e. The molecule has 0 fully saturated rings.